The highest BCUT2D eigenvalue weighted by Gasteiger charge is 2.38. The van der Waals surface area contributed by atoms with Crippen molar-refractivity contribution in [3.05, 3.63) is 90.3 Å². The van der Waals surface area contributed by atoms with Crippen LogP contribution in [0.15, 0.2) is 79.1 Å². The van der Waals surface area contributed by atoms with Crippen molar-refractivity contribution >= 4 is 44.9 Å². The molecule has 5 aromatic rings. The van der Waals surface area contributed by atoms with Crippen molar-refractivity contribution < 1.29 is 22.7 Å². The number of benzene rings is 3. The minimum Gasteiger partial charge on any atom is -0.368 e. The number of hydrogen-bond acceptors (Lipinski definition) is 6. The van der Waals surface area contributed by atoms with Crippen LogP contribution in [-0.4, -0.2) is 71.4 Å². The van der Waals surface area contributed by atoms with E-state index in [2.05, 4.69) is 20.9 Å². The van der Waals surface area contributed by atoms with Crippen molar-refractivity contribution in [1.82, 2.24) is 19.8 Å². The third-order valence-electron chi connectivity index (χ3n) is 8.92. The molecule has 4 heterocycles. The summed E-state index contributed by atoms with van der Waals surface area (Å²) < 4.78 is 50.2. The monoisotopic (exact) mass is 654 g/mol. The Morgan fingerprint density at radius 1 is 0.833 bits per heavy atom. The molecule has 3 aromatic carbocycles. The van der Waals surface area contributed by atoms with E-state index in [4.69, 9.17) is 4.74 Å². The zero-order chi connectivity index (χ0) is 33.8. The number of halogens is 3. The Balaban J connectivity index is 1.28. The molecule has 0 spiro atoms. The van der Waals surface area contributed by atoms with Crippen molar-refractivity contribution in [2.75, 3.05) is 49.8 Å². The molecule has 1 fully saturated rings. The molecule has 0 bridgehead atoms. The number of urea groups is 1. The smallest absolute Gasteiger partial charge is 0.368 e. The molecule has 7 rings (SSSR count). The van der Waals surface area contributed by atoms with Crippen molar-refractivity contribution in [2.45, 2.75) is 39.1 Å². The van der Waals surface area contributed by atoms with Crippen LogP contribution in [0.5, 0.6) is 0 Å². The molecule has 0 saturated carbocycles. The third kappa shape index (κ3) is 6.15. The molecular formula is C37H37F3N6O2. The van der Waals surface area contributed by atoms with E-state index >= 15 is 0 Å². The van der Waals surface area contributed by atoms with Gasteiger partial charge in [0.2, 0.25) is 0 Å². The lowest BCUT2D eigenvalue weighted by atomic mass is 9.99. The van der Waals surface area contributed by atoms with Crippen LogP contribution in [0.2, 0.25) is 0 Å². The van der Waals surface area contributed by atoms with Gasteiger partial charge in [0, 0.05) is 73.2 Å². The fourth-order valence-electron chi connectivity index (χ4n) is 6.41. The number of hydrogen-bond donors (Lipinski definition) is 0. The van der Waals surface area contributed by atoms with Crippen LogP contribution < -0.4 is 9.80 Å². The van der Waals surface area contributed by atoms with Crippen molar-refractivity contribution in [2.24, 2.45) is 0 Å². The fraction of sp³-hybridized carbons (Fsp3) is 0.324. The molecule has 0 aliphatic carbocycles. The second-order valence-electron chi connectivity index (χ2n) is 13.4. The Bertz CT molecular complexity index is 2020. The highest BCUT2D eigenvalue weighted by atomic mass is 19.4. The zero-order valence-corrected chi connectivity index (χ0v) is 27.4. The summed E-state index contributed by atoms with van der Waals surface area (Å²) in [6, 6.07) is 19.5. The molecule has 2 aromatic heterocycles. The molecule has 2 aliphatic rings. The van der Waals surface area contributed by atoms with Gasteiger partial charge >= 0.3 is 12.2 Å². The van der Waals surface area contributed by atoms with Gasteiger partial charge in [-0.2, -0.15) is 13.2 Å². The molecule has 0 atom stereocenters. The van der Waals surface area contributed by atoms with E-state index in [-0.39, 0.29) is 23.5 Å². The predicted octanol–water partition coefficient (Wildman–Crippen LogP) is 8.07. The Morgan fingerprint density at radius 3 is 2.33 bits per heavy atom. The molecule has 48 heavy (non-hydrogen) atoms. The first kappa shape index (κ1) is 31.8. The van der Waals surface area contributed by atoms with E-state index in [0.717, 1.165) is 33.7 Å². The topological polar surface area (TPSA) is 65.0 Å². The molecule has 0 radical (unpaired) electrons. The summed E-state index contributed by atoms with van der Waals surface area (Å²) in [5.41, 5.74) is 3.70. The number of aromatic nitrogens is 2. The maximum atomic E-state index is 14.8. The molecule has 2 amide bonds. The minimum absolute atomic E-state index is 0.103. The average Bonchev–Trinajstić information content (AvgIpc) is 3.07. The lowest BCUT2D eigenvalue weighted by Crippen LogP contribution is -2.48. The minimum atomic E-state index is -4.64. The largest absolute Gasteiger partial charge is 0.418 e. The SMILES string of the molecule is CN1Cc2cnc3ccc(-c4cnc5ccccc5c4)cc3c2N(c2ccc(N3CCN(COC(C)(C)C)CC3)c(C(F)(F)F)c2)C1=O. The summed E-state index contributed by atoms with van der Waals surface area (Å²) in [5, 5.41) is 1.66. The zero-order valence-electron chi connectivity index (χ0n) is 27.4. The summed E-state index contributed by atoms with van der Waals surface area (Å²) in [7, 11) is 1.64. The summed E-state index contributed by atoms with van der Waals surface area (Å²) in [6.07, 6.45) is -1.14. The molecule has 0 unspecified atom stereocenters. The highest BCUT2D eigenvalue weighted by Crippen LogP contribution is 2.44. The number of ether oxygens (including phenoxy) is 1. The van der Waals surface area contributed by atoms with E-state index < -0.39 is 17.8 Å². The Labute approximate surface area is 277 Å². The second-order valence-corrected chi connectivity index (χ2v) is 13.4. The van der Waals surface area contributed by atoms with Crippen LogP contribution in [0, 0.1) is 0 Å². The van der Waals surface area contributed by atoms with E-state index in [9.17, 15) is 18.0 Å². The van der Waals surface area contributed by atoms with Gasteiger partial charge in [-0.1, -0.05) is 24.3 Å². The van der Waals surface area contributed by atoms with Crippen LogP contribution in [-0.2, 0) is 17.5 Å². The molecule has 1 saturated heterocycles. The number of carbonyl (C=O) groups is 1. The number of amides is 2. The first-order valence-corrected chi connectivity index (χ1v) is 16.0. The van der Waals surface area contributed by atoms with Gasteiger partial charge in [0.1, 0.15) is 0 Å². The number of pyridine rings is 2. The van der Waals surface area contributed by atoms with Gasteiger partial charge in [-0.25, -0.2) is 4.79 Å². The summed E-state index contributed by atoms with van der Waals surface area (Å²) >= 11 is 0. The third-order valence-corrected chi connectivity index (χ3v) is 8.92. The van der Waals surface area contributed by atoms with E-state index in [1.807, 2.05) is 63.2 Å². The normalized spacial score (nSPS) is 16.2. The number of carbonyl (C=O) groups excluding carboxylic acids is 1. The molecular weight excluding hydrogens is 617 g/mol. The number of nitrogens with zero attached hydrogens (tertiary/aromatic N) is 6. The van der Waals surface area contributed by atoms with Crippen molar-refractivity contribution in [1.29, 1.82) is 0 Å². The van der Waals surface area contributed by atoms with Crippen molar-refractivity contribution in [3.8, 4) is 11.1 Å². The number of anilines is 3. The Hall–Kier alpha value is -4.74. The second kappa shape index (κ2) is 12.1. The molecule has 248 valence electrons. The maximum Gasteiger partial charge on any atom is 0.418 e. The summed E-state index contributed by atoms with van der Waals surface area (Å²) in [5.74, 6) is 0. The van der Waals surface area contributed by atoms with Crippen LogP contribution >= 0.6 is 0 Å². The molecule has 2 aliphatic heterocycles. The van der Waals surface area contributed by atoms with Crippen LogP contribution in [0.3, 0.4) is 0 Å². The first-order valence-electron chi connectivity index (χ1n) is 16.0. The highest BCUT2D eigenvalue weighted by molar-refractivity contribution is 6.10. The molecule has 11 heteroatoms. The summed E-state index contributed by atoms with van der Waals surface area (Å²) in [4.78, 5) is 29.9. The van der Waals surface area contributed by atoms with Crippen LogP contribution in [0.4, 0.5) is 35.0 Å². The lowest BCUT2D eigenvalue weighted by Gasteiger charge is -2.39. The average molecular weight is 655 g/mol. The number of alkyl halides is 3. The van der Waals surface area contributed by atoms with E-state index in [0.29, 0.717) is 49.5 Å². The van der Waals surface area contributed by atoms with Crippen LogP contribution in [0.25, 0.3) is 32.9 Å². The Kier molecular flexibility index (Phi) is 7.99. The van der Waals surface area contributed by atoms with Crippen LogP contribution in [0.1, 0.15) is 31.9 Å². The van der Waals surface area contributed by atoms with E-state index in [1.54, 1.807) is 30.4 Å². The van der Waals surface area contributed by atoms with Gasteiger partial charge in [0.05, 0.1) is 46.8 Å². The lowest BCUT2D eigenvalue weighted by molar-refractivity contribution is -0.137. The number of piperazine rings is 1. The van der Waals surface area contributed by atoms with Crippen molar-refractivity contribution in [3.63, 3.8) is 0 Å². The van der Waals surface area contributed by atoms with Gasteiger partial charge in [-0.05, 0) is 68.8 Å². The standard InChI is InChI=1S/C37H37F3N6O2/c1-36(2,3)48-23-44-13-15-45(16-14-44)33-12-10-28(19-30(33)37(38,39)40)46-34-27(22-43(4)35(46)47)21-42-32-11-9-24(18-29(32)34)26-17-25-7-5-6-8-31(25)41-20-26/h5-12,17-21H,13-16,22-23H2,1-4H3. The maximum absolute atomic E-state index is 14.8. The predicted molar refractivity (Wildman–Crippen MR) is 182 cm³/mol. The first-order chi connectivity index (χ1) is 22.9. The Morgan fingerprint density at radius 2 is 1.58 bits per heavy atom. The van der Waals surface area contributed by atoms with Gasteiger partial charge in [-0.15, -0.1) is 0 Å². The van der Waals surface area contributed by atoms with Gasteiger partial charge < -0.3 is 14.5 Å². The fourth-order valence-corrected chi connectivity index (χ4v) is 6.41. The molecule has 8 nitrogen and oxygen atoms in total. The number of para-hydroxylation sites is 1. The van der Waals surface area contributed by atoms with Gasteiger partial charge in [0.25, 0.3) is 0 Å². The quantitative estimate of drug-likeness (QED) is 0.191. The molecule has 0 N–H and O–H groups in total. The van der Waals surface area contributed by atoms with E-state index in [1.165, 1.54) is 15.9 Å². The number of fused-ring (bicyclic) bond motifs is 4. The number of rotatable bonds is 5. The van der Waals surface area contributed by atoms with Gasteiger partial charge in [-0.3, -0.25) is 19.8 Å². The summed E-state index contributed by atoms with van der Waals surface area (Å²) in [6.45, 7) is 8.63. The van der Waals surface area contributed by atoms with Gasteiger partial charge in [0.15, 0.2) is 0 Å².